The first kappa shape index (κ1) is 11.2. The summed E-state index contributed by atoms with van der Waals surface area (Å²) in [6, 6.07) is 9.55. The molecule has 0 atom stereocenters. The number of rotatable bonds is 2. The molecule has 4 heteroatoms. The van der Waals surface area contributed by atoms with Crippen LogP contribution in [-0.4, -0.2) is 23.3 Å². The molecule has 0 saturated carbocycles. The smallest absolute Gasteiger partial charge is 0.184 e. The van der Waals surface area contributed by atoms with E-state index < -0.39 is 0 Å². The maximum atomic E-state index is 9.44. The van der Waals surface area contributed by atoms with Crippen molar-refractivity contribution in [2.45, 2.75) is 6.29 Å². The molecule has 1 aromatic heterocycles. The minimum absolute atomic E-state index is 0.159. The highest BCUT2D eigenvalue weighted by atomic mass is 16.7. The van der Waals surface area contributed by atoms with Crippen LogP contribution in [0.3, 0.4) is 0 Å². The molecule has 3 rings (SSSR count). The SMILES string of the molecule is Oc1cncc(-c2cccc(C3OCCO3)c2)c1. The molecule has 92 valence electrons. The van der Waals surface area contributed by atoms with Crippen molar-refractivity contribution in [3.05, 3.63) is 48.3 Å². The van der Waals surface area contributed by atoms with Crippen molar-refractivity contribution in [3.63, 3.8) is 0 Å². The quantitative estimate of drug-likeness (QED) is 0.880. The highest BCUT2D eigenvalue weighted by Crippen LogP contribution is 2.28. The molecule has 1 fully saturated rings. The molecule has 0 amide bonds. The van der Waals surface area contributed by atoms with E-state index in [1.54, 1.807) is 12.3 Å². The largest absolute Gasteiger partial charge is 0.506 e. The Kier molecular flexibility index (Phi) is 2.96. The van der Waals surface area contributed by atoms with Crippen LogP contribution in [0.4, 0.5) is 0 Å². The van der Waals surface area contributed by atoms with Crippen LogP contribution in [0.5, 0.6) is 5.75 Å². The maximum Gasteiger partial charge on any atom is 0.184 e. The first-order valence-electron chi connectivity index (χ1n) is 5.80. The molecular weight excluding hydrogens is 230 g/mol. The summed E-state index contributed by atoms with van der Waals surface area (Å²) in [6.07, 6.45) is 2.85. The Labute approximate surface area is 105 Å². The van der Waals surface area contributed by atoms with E-state index in [0.29, 0.717) is 13.2 Å². The summed E-state index contributed by atoms with van der Waals surface area (Å²) >= 11 is 0. The van der Waals surface area contributed by atoms with E-state index in [9.17, 15) is 5.11 Å². The average molecular weight is 243 g/mol. The molecule has 1 aromatic carbocycles. The standard InChI is InChI=1S/C14H13NO3/c16-13-7-12(8-15-9-13)10-2-1-3-11(6-10)14-17-4-5-18-14/h1-3,6-9,14,16H,4-5H2. The minimum atomic E-state index is -0.282. The predicted molar refractivity (Wildman–Crippen MR) is 66.0 cm³/mol. The Morgan fingerprint density at radius 1 is 1.06 bits per heavy atom. The summed E-state index contributed by atoms with van der Waals surface area (Å²) in [5.74, 6) is 0.159. The van der Waals surface area contributed by atoms with Crippen LogP contribution in [-0.2, 0) is 9.47 Å². The molecule has 0 bridgehead atoms. The molecule has 0 spiro atoms. The number of benzene rings is 1. The van der Waals surface area contributed by atoms with Crippen LogP contribution in [0.1, 0.15) is 11.9 Å². The Balaban J connectivity index is 1.95. The van der Waals surface area contributed by atoms with Gasteiger partial charge >= 0.3 is 0 Å². The van der Waals surface area contributed by atoms with Gasteiger partial charge in [-0.05, 0) is 17.7 Å². The summed E-state index contributed by atoms with van der Waals surface area (Å²) in [4.78, 5) is 3.98. The van der Waals surface area contributed by atoms with Crippen molar-refractivity contribution < 1.29 is 14.6 Å². The Morgan fingerprint density at radius 2 is 1.89 bits per heavy atom. The molecule has 0 unspecified atom stereocenters. The molecule has 1 N–H and O–H groups in total. The molecule has 1 aliphatic rings. The van der Waals surface area contributed by atoms with Gasteiger partial charge in [0.05, 0.1) is 19.4 Å². The highest BCUT2D eigenvalue weighted by molar-refractivity contribution is 5.64. The van der Waals surface area contributed by atoms with Crippen molar-refractivity contribution in [2.24, 2.45) is 0 Å². The normalized spacial score (nSPS) is 16.0. The van der Waals surface area contributed by atoms with Crippen molar-refractivity contribution in [2.75, 3.05) is 13.2 Å². The van der Waals surface area contributed by atoms with E-state index in [2.05, 4.69) is 4.98 Å². The van der Waals surface area contributed by atoms with Gasteiger partial charge in [-0.2, -0.15) is 0 Å². The minimum Gasteiger partial charge on any atom is -0.506 e. The second-order valence-electron chi connectivity index (χ2n) is 4.13. The van der Waals surface area contributed by atoms with Crippen LogP contribution < -0.4 is 0 Å². The van der Waals surface area contributed by atoms with Crippen LogP contribution >= 0.6 is 0 Å². The lowest BCUT2D eigenvalue weighted by molar-refractivity contribution is -0.0440. The third-order valence-electron chi connectivity index (χ3n) is 2.84. The van der Waals surface area contributed by atoms with Gasteiger partial charge in [0.15, 0.2) is 6.29 Å². The lowest BCUT2D eigenvalue weighted by Crippen LogP contribution is -1.97. The first-order chi connectivity index (χ1) is 8.83. The lowest BCUT2D eigenvalue weighted by atomic mass is 10.0. The van der Waals surface area contributed by atoms with Gasteiger partial charge in [0.25, 0.3) is 0 Å². The van der Waals surface area contributed by atoms with Crippen LogP contribution in [0.2, 0.25) is 0 Å². The summed E-state index contributed by atoms with van der Waals surface area (Å²) in [7, 11) is 0. The van der Waals surface area contributed by atoms with E-state index >= 15 is 0 Å². The molecule has 18 heavy (non-hydrogen) atoms. The number of aromatic hydroxyl groups is 1. The summed E-state index contributed by atoms with van der Waals surface area (Å²) < 4.78 is 10.9. The lowest BCUT2D eigenvalue weighted by Gasteiger charge is -2.11. The number of nitrogens with zero attached hydrogens (tertiary/aromatic N) is 1. The molecule has 4 nitrogen and oxygen atoms in total. The van der Waals surface area contributed by atoms with Crippen molar-refractivity contribution in [1.82, 2.24) is 4.98 Å². The molecule has 2 aromatic rings. The van der Waals surface area contributed by atoms with Crippen LogP contribution in [0, 0.1) is 0 Å². The van der Waals surface area contributed by atoms with Gasteiger partial charge in [0.1, 0.15) is 5.75 Å². The molecule has 2 heterocycles. The fraction of sp³-hybridized carbons (Fsp3) is 0.214. The summed E-state index contributed by atoms with van der Waals surface area (Å²) in [6.45, 7) is 1.26. The van der Waals surface area contributed by atoms with Gasteiger partial charge in [-0.1, -0.05) is 18.2 Å². The van der Waals surface area contributed by atoms with Gasteiger partial charge in [0.2, 0.25) is 0 Å². The molecule has 0 radical (unpaired) electrons. The van der Waals surface area contributed by atoms with Crippen molar-refractivity contribution >= 4 is 0 Å². The number of aromatic nitrogens is 1. The van der Waals surface area contributed by atoms with Gasteiger partial charge in [0, 0.05) is 17.3 Å². The van der Waals surface area contributed by atoms with Gasteiger partial charge in [-0.25, -0.2) is 0 Å². The van der Waals surface area contributed by atoms with Gasteiger partial charge in [-0.15, -0.1) is 0 Å². The van der Waals surface area contributed by atoms with E-state index in [4.69, 9.17) is 9.47 Å². The first-order valence-corrected chi connectivity index (χ1v) is 5.80. The number of hydrogen-bond acceptors (Lipinski definition) is 4. The highest BCUT2D eigenvalue weighted by Gasteiger charge is 2.18. The number of ether oxygens (including phenoxy) is 2. The predicted octanol–water partition coefficient (Wildman–Crippen LogP) is 2.50. The van der Waals surface area contributed by atoms with Crippen LogP contribution in [0.15, 0.2) is 42.7 Å². The van der Waals surface area contributed by atoms with Gasteiger partial charge < -0.3 is 14.6 Å². The van der Waals surface area contributed by atoms with E-state index in [1.165, 1.54) is 6.20 Å². The molecule has 1 saturated heterocycles. The van der Waals surface area contributed by atoms with Crippen molar-refractivity contribution in [3.8, 4) is 16.9 Å². The molecule has 0 aliphatic carbocycles. The second kappa shape index (κ2) is 4.76. The Bertz CT molecular complexity index is 550. The fourth-order valence-corrected chi connectivity index (χ4v) is 2.00. The zero-order chi connectivity index (χ0) is 12.4. The molecular formula is C14H13NO3. The van der Waals surface area contributed by atoms with Crippen molar-refractivity contribution in [1.29, 1.82) is 0 Å². The third-order valence-corrected chi connectivity index (χ3v) is 2.84. The monoisotopic (exact) mass is 243 g/mol. The summed E-state index contributed by atoms with van der Waals surface area (Å²) in [5.41, 5.74) is 2.83. The Morgan fingerprint density at radius 3 is 2.67 bits per heavy atom. The van der Waals surface area contributed by atoms with Gasteiger partial charge in [-0.3, -0.25) is 4.98 Å². The zero-order valence-electron chi connectivity index (χ0n) is 9.74. The Hall–Kier alpha value is -1.91. The molecule has 1 aliphatic heterocycles. The number of pyridine rings is 1. The second-order valence-corrected chi connectivity index (χ2v) is 4.13. The van der Waals surface area contributed by atoms with Crippen LogP contribution in [0.25, 0.3) is 11.1 Å². The number of hydrogen-bond donors (Lipinski definition) is 1. The zero-order valence-corrected chi connectivity index (χ0v) is 9.74. The van der Waals surface area contributed by atoms with E-state index in [1.807, 2.05) is 24.3 Å². The fourth-order valence-electron chi connectivity index (χ4n) is 2.00. The average Bonchev–Trinajstić information content (AvgIpc) is 2.93. The van der Waals surface area contributed by atoms with E-state index in [0.717, 1.165) is 16.7 Å². The third kappa shape index (κ3) is 2.20. The topological polar surface area (TPSA) is 51.6 Å². The van der Waals surface area contributed by atoms with E-state index in [-0.39, 0.29) is 12.0 Å². The maximum absolute atomic E-state index is 9.44. The summed E-state index contributed by atoms with van der Waals surface area (Å²) in [5, 5.41) is 9.44.